The second-order valence-corrected chi connectivity index (χ2v) is 7.83. The van der Waals surface area contributed by atoms with Gasteiger partial charge in [-0.1, -0.05) is 0 Å². The number of carboxylic acids is 4. The molecule has 6 N–H and O–H groups in total. The minimum absolute atomic E-state index is 0. The number of hydrogen-bond donors (Lipinski definition) is 5. The maximum absolute atomic E-state index is 11.9. The number of aliphatic carboxylic acids is 4. The Morgan fingerprint density at radius 1 is 0.667 bits per heavy atom. The molecule has 192 valence electrons. The van der Waals surface area contributed by atoms with Gasteiger partial charge in [0.25, 0.3) is 0 Å². The van der Waals surface area contributed by atoms with E-state index in [0.29, 0.717) is 19.4 Å². The van der Waals surface area contributed by atoms with E-state index < -0.39 is 29.9 Å². The first kappa shape index (κ1) is 32.0. The van der Waals surface area contributed by atoms with Crippen LogP contribution in [-0.2, 0) is 19.2 Å². The summed E-state index contributed by atoms with van der Waals surface area (Å²) in [6.07, 6.45) is 0.839. The molecule has 1 heterocycles. The first-order chi connectivity index (χ1) is 15.1. The summed E-state index contributed by atoms with van der Waals surface area (Å²) in [4.78, 5) is 52.3. The third-order valence-electron chi connectivity index (χ3n) is 5.36. The molecule has 0 radical (unpaired) electrons. The molecule has 1 fully saturated rings. The van der Waals surface area contributed by atoms with Gasteiger partial charge in [0.15, 0.2) is 0 Å². The van der Waals surface area contributed by atoms with Gasteiger partial charge in [0.1, 0.15) is 6.04 Å². The van der Waals surface area contributed by atoms with Gasteiger partial charge in [-0.05, 0) is 19.4 Å². The monoisotopic (exact) mass is 619 g/mol. The van der Waals surface area contributed by atoms with E-state index in [9.17, 15) is 34.5 Å². The Labute approximate surface area is 225 Å². The maximum atomic E-state index is 11.9. The Hall–Kier alpha value is -0.995. The van der Waals surface area contributed by atoms with Crippen LogP contribution in [0.15, 0.2) is 0 Å². The van der Waals surface area contributed by atoms with Crippen molar-refractivity contribution < 1.29 is 79.5 Å². The molecular weight excluding hydrogens is 583 g/mol. The van der Waals surface area contributed by atoms with Gasteiger partial charge in [-0.3, -0.25) is 38.8 Å². The number of rotatable bonds is 11. The molecule has 1 unspecified atom stereocenters. The van der Waals surface area contributed by atoms with Crippen molar-refractivity contribution >= 4 is 23.9 Å². The molecule has 1 rings (SSSR count). The minimum Gasteiger partial charge on any atom is -0.480 e. The number of nitrogens with two attached hydrogens (primary N) is 1. The molecule has 0 aromatic heterocycles. The van der Waals surface area contributed by atoms with Gasteiger partial charge in [-0.25, -0.2) is 0 Å². The second kappa shape index (κ2) is 17.4. The zero-order valence-electron chi connectivity index (χ0n) is 18.6. The van der Waals surface area contributed by atoms with Gasteiger partial charge < -0.3 is 26.2 Å². The summed E-state index contributed by atoms with van der Waals surface area (Å²) < 4.78 is 0. The van der Waals surface area contributed by atoms with Gasteiger partial charge >= 0.3 is 23.9 Å². The van der Waals surface area contributed by atoms with Crippen LogP contribution in [0, 0.1) is 39.9 Å². The zero-order valence-corrected chi connectivity index (χ0v) is 20.9. The summed E-state index contributed by atoms with van der Waals surface area (Å²) in [6, 6.07) is -0.816. The van der Waals surface area contributed by atoms with E-state index in [1.54, 1.807) is 19.6 Å². The van der Waals surface area contributed by atoms with E-state index in [-0.39, 0.29) is 112 Å². The molecule has 0 aliphatic carbocycles. The predicted octanol–water partition coefficient (Wildman–Crippen LogP) is -2.35. The van der Waals surface area contributed by atoms with E-state index in [1.165, 1.54) is 0 Å². The van der Waals surface area contributed by atoms with Crippen molar-refractivity contribution in [3.63, 3.8) is 0 Å². The molecule has 1 aliphatic rings. The molecule has 0 aromatic rings. The molecule has 1 aliphatic heterocycles. The van der Waals surface area contributed by atoms with Crippen LogP contribution in [0.1, 0.15) is 12.8 Å². The van der Waals surface area contributed by atoms with Crippen LogP contribution in [0.2, 0.25) is 0 Å². The molecule has 0 amide bonds. The summed E-state index contributed by atoms with van der Waals surface area (Å²) in [7, 11) is 0. The number of carboxylic acid groups (broad SMARTS) is 4. The minimum atomic E-state index is -1.03. The quantitative estimate of drug-likeness (QED) is 0.166. The van der Waals surface area contributed by atoms with Crippen molar-refractivity contribution in [2.75, 3.05) is 78.5 Å². The van der Waals surface area contributed by atoms with Crippen molar-refractivity contribution in [2.24, 2.45) is 5.73 Å². The summed E-state index contributed by atoms with van der Waals surface area (Å²) in [5, 5.41) is 37.4. The van der Waals surface area contributed by atoms with E-state index in [2.05, 4.69) is 0 Å². The molecule has 0 spiro atoms. The largest absolute Gasteiger partial charge is 0.480 e. The molecule has 13 nitrogen and oxygen atoms in total. The molecule has 0 bridgehead atoms. The molecule has 0 aromatic carbocycles. The van der Waals surface area contributed by atoms with Crippen molar-refractivity contribution in [2.45, 2.75) is 18.9 Å². The van der Waals surface area contributed by atoms with Crippen LogP contribution in [0.5, 0.6) is 0 Å². The Bertz CT molecular complexity index is 609. The standard InChI is InChI=1S/C19H35N5O8.Gd/c20-3-1-2-15(19(31)32)24-10-8-22(13-17(27)28)6-4-21(12-16(25)26)5-7-23(9-11-24)14-18(29)30;/h15H,1-14,20H2,(H,25,26)(H,27,28)(H,29,30)(H,31,32);. The zero-order chi connectivity index (χ0) is 24.1. The molecule has 1 saturated heterocycles. The van der Waals surface area contributed by atoms with Crippen LogP contribution < -0.4 is 5.73 Å². The SMILES string of the molecule is NCCCC(C(=O)O)N1CCN(CC(=O)O)CCN(CC(=O)O)CCN(CC(=O)O)CC1.[Gd]. The van der Waals surface area contributed by atoms with Crippen LogP contribution in [0.4, 0.5) is 0 Å². The van der Waals surface area contributed by atoms with E-state index in [1.807, 2.05) is 0 Å². The normalized spacial score (nSPS) is 18.9. The Balaban J connectivity index is 0.0000102. The van der Waals surface area contributed by atoms with Gasteiger partial charge in [-0.2, -0.15) is 0 Å². The van der Waals surface area contributed by atoms with Gasteiger partial charge in [-0.15, -0.1) is 0 Å². The van der Waals surface area contributed by atoms with E-state index in [4.69, 9.17) is 10.8 Å². The Morgan fingerprint density at radius 3 is 1.27 bits per heavy atom. The fourth-order valence-corrected chi connectivity index (χ4v) is 3.69. The Morgan fingerprint density at radius 2 is 1.00 bits per heavy atom. The van der Waals surface area contributed by atoms with Crippen LogP contribution in [-0.4, -0.2) is 148 Å². The van der Waals surface area contributed by atoms with Crippen molar-refractivity contribution in [3.05, 3.63) is 0 Å². The molecule has 1 atom stereocenters. The van der Waals surface area contributed by atoms with Gasteiger partial charge in [0.05, 0.1) is 19.6 Å². The van der Waals surface area contributed by atoms with E-state index in [0.717, 1.165) is 0 Å². The maximum Gasteiger partial charge on any atom is 0.320 e. The molecular formula is C19H35GdN5O8. The molecule has 33 heavy (non-hydrogen) atoms. The molecule has 0 saturated carbocycles. The van der Waals surface area contributed by atoms with Crippen molar-refractivity contribution in [1.82, 2.24) is 19.6 Å². The smallest absolute Gasteiger partial charge is 0.320 e. The van der Waals surface area contributed by atoms with Gasteiger partial charge in [0, 0.05) is 92.3 Å². The fourth-order valence-electron chi connectivity index (χ4n) is 3.69. The first-order valence-corrected chi connectivity index (χ1v) is 10.6. The average Bonchev–Trinajstić information content (AvgIpc) is 2.68. The topological polar surface area (TPSA) is 188 Å². The third kappa shape index (κ3) is 14.1. The van der Waals surface area contributed by atoms with Crippen LogP contribution >= 0.6 is 0 Å². The summed E-state index contributed by atoms with van der Waals surface area (Å²) in [5.74, 6) is -4.09. The summed E-state index contributed by atoms with van der Waals surface area (Å²) >= 11 is 0. The number of carbonyl (C=O) groups is 4. The molecule has 14 heteroatoms. The van der Waals surface area contributed by atoms with Gasteiger partial charge in [0.2, 0.25) is 0 Å². The van der Waals surface area contributed by atoms with Crippen molar-refractivity contribution in [3.8, 4) is 0 Å². The first-order valence-electron chi connectivity index (χ1n) is 10.6. The second-order valence-electron chi connectivity index (χ2n) is 7.83. The van der Waals surface area contributed by atoms with Crippen LogP contribution in [0.3, 0.4) is 0 Å². The van der Waals surface area contributed by atoms with Crippen molar-refractivity contribution in [1.29, 1.82) is 0 Å². The summed E-state index contributed by atoms with van der Waals surface area (Å²) in [6.45, 7) is 1.84. The van der Waals surface area contributed by atoms with E-state index >= 15 is 0 Å². The third-order valence-corrected chi connectivity index (χ3v) is 5.36. The summed E-state index contributed by atoms with van der Waals surface area (Å²) in [5.41, 5.74) is 5.54. The Kier molecular flexibility index (Phi) is 16.9. The average molecular weight is 619 g/mol. The number of nitrogens with zero attached hydrogens (tertiary/aromatic N) is 4. The predicted molar refractivity (Wildman–Crippen MR) is 114 cm³/mol. The van der Waals surface area contributed by atoms with Crippen LogP contribution in [0.25, 0.3) is 0 Å². The number of hydrogen-bond acceptors (Lipinski definition) is 9. The fraction of sp³-hybridized carbons (Fsp3) is 0.789.